The van der Waals surface area contributed by atoms with E-state index in [4.69, 9.17) is 0 Å². The summed E-state index contributed by atoms with van der Waals surface area (Å²) in [7, 11) is 0. The van der Waals surface area contributed by atoms with E-state index in [1.165, 1.54) is 15.1 Å². The summed E-state index contributed by atoms with van der Waals surface area (Å²) < 4.78 is 5.80. The molecular weight excluding hydrogens is 485 g/mol. The minimum absolute atomic E-state index is 1.45. The Labute approximate surface area is 153 Å². The predicted octanol–water partition coefficient (Wildman–Crippen LogP) is 3.44. The van der Waals surface area contributed by atoms with Crippen LogP contribution in [0.5, 0.6) is 0 Å². The van der Waals surface area contributed by atoms with Crippen LogP contribution < -0.4 is 15.1 Å². The van der Waals surface area contributed by atoms with Crippen molar-refractivity contribution >= 4 is 15.1 Å². The zero-order valence-corrected chi connectivity index (χ0v) is 16.0. The molecule has 0 nitrogen and oxygen atoms in total. The molecule has 0 bridgehead atoms. The predicted molar refractivity (Wildman–Crippen MR) is 104 cm³/mol. The van der Waals surface area contributed by atoms with E-state index in [-0.39, 0.29) is 0 Å². The third-order valence-electron chi connectivity index (χ3n) is 3.87. The van der Waals surface area contributed by atoms with Crippen LogP contribution in [0.2, 0.25) is 0 Å². The van der Waals surface area contributed by atoms with Gasteiger partial charge in [0.1, 0.15) is 0 Å². The van der Waals surface area contributed by atoms with Gasteiger partial charge in [-0.05, 0) is 0 Å². The molecule has 4 rings (SSSR count). The molecule has 0 saturated carbocycles. The van der Waals surface area contributed by atoms with E-state index in [1.54, 1.807) is 0 Å². The van der Waals surface area contributed by atoms with E-state index in [9.17, 15) is 0 Å². The van der Waals surface area contributed by atoms with Crippen molar-refractivity contribution in [2.45, 2.75) is 0 Å². The molecule has 0 spiro atoms. The van der Waals surface area contributed by atoms with Gasteiger partial charge in [-0.25, -0.2) is 0 Å². The Morgan fingerprint density at radius 1 is 0.280 bits per heavy atom. The molecule has 0 aliphatic carbocycles. The number of hydrogen-bond acceptors (Lipinski definition) is 0. The fraction of sp³-hybridized carbons (Fsp3) is 0. The van der Waals surface area contributed by atoms with Crippen molar-refractivity contribution in [2.24, 2.45) is 0 Å². The standard InChI is InChI=1S/4C6H5.Au/c4*1-2-4-6-5-3-1;/h4*1-5H;. The normalized spacial score (nSPS) is 11.8. The number of benzene rings is 4. The van der Waals surface area contributed by atoms with Gasteiger partial charge < -0.3 is 0 Å². The van der Waals surface area contributed by atoms with Crippen LogP contribution in [-0.2, 0) is 17.1 Å². The maximum absolute atomic E-state index is 2.79. The number of rotatable bonds is 4. The van der Waals surface area contributed by atoms with Crippen molar-refractivity contribution in [2.75, 3.05) is 0 Å². The van der Waals surface area contributed by atoms with Crippen LogP contribution in [0.3, 0.4) is 0 Å². The quantitative estimate of drug-likeness (QED) is 0.373. The second-order valence-electron chi connectivity index (χ2n) is 5.46. The molecule has 0 aliphatic rings. The molecule has 0 saturated heterocycles. The van der Waals surface area contributed by atoms with Gasteiger partial charge in [-0.3, -0.25) is 0 Å². The van der Waals surface area contributed by atoms with Gasteiger partial charge in [-0.15, -0.1) is 0 Å². The third kappa shape index (κ3) is 2.89. The molecule has 0 amide bonds. The Morgan fingerprint density at radius 2 is 0.480 bits per heavy atom. The number of hydrogen-bond donors (Lipinski definition) is 0. The van der Waals surface area contributed by atoms with Gasteiger partial charge in [-0.2, -0.15) is 0 Å². The van der Waals surface area contributed by atoms with Gasteiger partial charge in [-0.1, -0.05) is 0 Å². The van der Waals surface area contributed by atoms with Gasteiger partial charge in [0.05, 0.1) is 0 Å². The molecule has 0 N–H and O–H groups in total. The second kappa shape index (κ2) is 7.25. The van der Waals surface area contributed by atoms with Gasteiger partial charge >= 0.3 is 154 Å². The van der Waals surface area contributed by atoms with Gasteiger partial charge in [0.2, 0.25) is 0 Å². The Balaban J connectivity index is 2.13. The first-order valence-electron chi connectivity index (χ1n) is 8.25. The molecule has 1 heteroatoms. The topological polar surface area (TPSA) is 0 Å². The zero-order valence-electron chi connectivity index (χ0n) is 13.8. The van der Waals surface area contributed by atoms with Crippen molar-refractivity contribution in [3.8, 4) is 0 Å². The molecule has 4 aromatic rings. The van der Waals surface area contributed by atoms with Crippen molar-refractivity contribution < 1.29 is 17.1 Å². The first kappa shape index (κ1) is 16.1. The van der Waals surface area contributed by atoms with Crippen LogP contribution in [-0.4, -0.2) is 0 Å². The molecule has 0 atom stereocenters. The monoisotopic (exact) mass is 505 g/mol. The summed E-state index contributed by atoms with van der Waals surface area (Å²) in [5, 5.41) is 0. The van der Waals surface area contributed by atoms with Crippen LogP contribution in [0.1, 0.15) is 0 Å². The Morgan fingerprint density at radius 3 is 0.680 bits per heavy atom. The maximum atomic E-state index is 2.31. The third-order valence-corrected chi connectivity index (χ3v) is 14.3. The Bertz CT molecular complexity index is 753. The van der Waals surface area contributed by atoms with E-state index in [2.05, 4.69) is 121 Å². The summed E-state index contributed by atoms with van der Waals surface area (Å²) in [5.41, 5.74) is 0. The van der Waals surface area contributed by atoms with Gasteiger partial charge in [0.15, 0.2) is 0 Å². The average Bonchev–Trinajstić information content (AvgIpc) is 2.72. The van der Waals surface area contributed by atoms with Crippen molar-refractivity contribution in [1.82, 2.24) is 0 Å². The Hall–Kier alpha value is -2.38. The summed E-state index contributed by atoms with van der Waals surface area (Å²) in [6.07, 6.45) is 0. The zero-order chi connectivity index (χ0) is 17.0. The molecule has 0 fully saturated rings. The van der Waals surface area contributed by atoms with Crippen LogP contribution in [0.15, 0.2) is 121 Å². The van der Waals surface area contributed by atoms with E-state index in [0.717, 1.165) is 0 Å². The van der Waals surface area contributed by atoms with E-state index in [1.807, 2.05) is 0 Å². The van der Waals surface area contributed by atoms with E-state index < -0.39 is 17.1 Å². The molecular formula is C24H20Au. The van der Waals surface area contributed by atoms with Crippen LogP contribution in [0.4, 0.5) is 0 Å². The fourth-order valence-corrected chi connectivity index (χ4v) is 13.1. The molecule has 0 aromatic heterocycles. The van der Waals surface area contributed by atoms with Crippen molar-refractivity contribution in [3.05, 3.63) is 121 Å². The van der Waals surface area contributed by atoms with Crippen molar-refractivity contribution in [1.29, 1.82) is 0 Å². The SMILES string of the molecule is c1cc[c]([Au]([c]2ccccc2)([c]2ccccc2)[c]2ccccc2)cc1. The van der Waals surface area contributed by atoms with Crippen molar-refractivity contribution in [3.63, 3.8) is 0 Å². The minimum atomic E-state index is -2.79. The van der Waals surface area contributed by atoms with Gasteiger partial charge in [0.25, 0.3) is 0 Å². The average molecular weight is 505 g/mol. The summed E-state index contributed by atoms with van der Waals surface area (Å²) >= 11 is -2.79. The van der Waals surface area contributed by atoms with Crippen LogP contribution >= 0.6 is 0 Å². The van der Waals surface area contributed by atoms with Gasteiger partial charge in [0, 0.05) is 0 Å². The van der Waals surface area contributed by atoms with Crippen LogP contribution in [0, 0.1) is 0 Å². The summed E-state index contributed by atoms with van der Waals surface area (Å²) in [4.78, 5) is 0. The fourth-order valence-electron chi connectivity index (χ4n) is 2.81. The molecule has 4 aromatic carbocycles. The molecule has 25 heavy (non-hydrogen) atoms. The molecule has 0 heterocycles. The van der Waals surface area contributed by atoms with Crippen LogP contribution in [0.25, 0.3) is 0 Å². The van der Waals surface area contributed by atoms with E-state index in [0.29, 0.717) is 0 Å². The van der Waals surface area contributed by atoms with E-state index >= 15 is 0 Å². The summed E-state index contributed by atoms with van der Waals surface area (Å²) in [6.45, 7) is 0. The molecule has 0 aliphatic heterocycles. The first-order valence-corrected chi connectivity index (χ1v) is 12.6. The summed E-state index contributed by atoms with van der Waals surface area (Å²) in [6, 6.07) is 44.2. The molecule has 0 unspecified atom stereocenters. The first-order chi connectivity index (χ1) is 12.4. The second-order valence-corrected chi connectivity index (χ2v) is 13.7. The Kier molecular flexibility index (Phi) is 4.67. The molecule has 127 valence electrons. The molecule has 0 radical (unpaired) electrons. The summed E-state index contributed by atoms with van der Waals surface area (Å²) in [5.74, 6) is 0.